The third-order valence-corrected chi connectivity index (χ3v) is 4.26. The molecule has 0 bridgehead atoms. The van der Waals surface area contributed by atoms with Crippen LogP contribution in [0.5, 0.6) is 11.5 Å². The minimum Gasteiger partial charge on any atom is -0.507 e. The summed E-state index contributed by atoms with van der Waals surface area (Å²) in [6.45, 7) is 4.53. The van der Waals surface area contributed by atoms with Crippen LogP contribution in [0.15, 0.2) is 11.6 Å². The van der Waals surface area contributed by atoms with E-state index in [0.29, 0.717) is 17.5 Å². The molecule has 0 aliphatic carbocycles. The summed E-state index contributed by atoms with van der Waals surface area (Å²) >= 11 is 0. The van der Waals surface area contributed by atoms with Crippen molar-refractivity contribution in [2.24, 2.45) is 0 Å². The minimum absolute atomic E-state index is 0.0424. The average Bonchev–Trinajstić information content (AvgIpc) is 2.62. The molecule has 144 valence electrons. The molecule has 0 heterocycles. The van der Waals surface area contributed by atoms with Gasteiger partial charge in [0.15, 0.2) is 0 Å². The monoisotopic (exact) mass is 366 g/mol. The topological polar surface area (TPSA) is 113 Å². The smallest absolute Gasteiger partial charge is 0.322 e. The molecule has 0 atom stereocenters. The number of methoxy groups -OCH3 is 1. The lowest BCUT2D eigenvalue weighted by atomic mass is 9.93. The lowest BCUT2D eigenvalue weighted by Crippen LogP contribution is -2.17. The quantitative estimate of drug-likeness (QED) is 0.279. The average molecular weight is 366 g/mol. The van der Waals surface area contributed by atoms with Crippen molar-refractivity contribution in [3.8, 4) is 11.5 Å². The number of allylic oxidation sites excluding steroid dienone is 2. The first-order valence-electron chi connectivity index (χ1n) is 8.31. The molecule has 0 saturated heterocycles. The Morgan fingerprint density at radius 2 is 1.69 bits per heavy atom. The summed E-state index contributed by atoms with van der Waals surface area (Å²) in [6.07, 6.45) is 2.57. The van der Waals surface area contributed by atoms with E-state index in [-0.39, 0.29) is 22.6 Å². The van der Waals surface area contributed by atoms with Crippen molar-refractivity contribution in [1.82, 2.24) is 0 Å². The van der Waals surface area contributed by atoms with Gasteiger partial charge in [0.1, 0.15) is 17.9 Å². The molecule has 0 spiro atoms. The molecule has 1 rings (SSSR count). The largest absolute Gasteiger partial charge is 0.507 e. The van der Waals surface area contributed by atoms with Crippen LogP contribution in [0.3, 0.4) is 0 Å². The van der Waals surface area contributed by atoms with Gasteiger partial charge in [0.25, 0.3) is 0 Å². The number of carbonyl (C=O) groups is 2. The maximum absolute atomic E-state index is 12.0. The Balaban J connectivity index is 3.42. The van der Waals surface area contributed by atoms with E-state index >= 15 is 0 Å². The van der Waals surface area contributed by atoms with Gasteiger partial charge in [-0.2, -0.15) is 0 Å². The van der Waals surface area contributed by atoms with Gasteiger partial charge in [-0.3, -0.25) is 9.59 Å². The first-order valence-corrected chi connectivity index (χ1v) is 8.31. The van der Waals surface area contributed by atoms with Gasteiger partial charge in [-0.25, -0.2) is 0 Å². The number of ether oxygens (including phenoxy) is 2. The van der Waals surface area contributed by atoms with Gasteiger partial charge in [-0.05, 0) is 32.3 Å². The van der Waals surface area contributed by atoms with Gasteiger partial charge in [0.05, 0.1) is 20.3 Å². The molecule has 0 amide bonds. The highest BCUT2D eigenvalue weighted by atomic mass is 16.5. The van der Waals surface area contributed by atoms with Crippen molar-refractivity contribution in [2.75, 3.05) is 7.11 Å². The molecule has 3 N–H and O–H groups in total. The molecule has 7 nitrogen and oxygen atoms in total. The molecule has 0 saturated carbocycles. The van der Waals surface area contributed by atoms with Crippen molar-refractivity contribution in [1.29, 1.82) is 0 Å². The maximum Gasteiger partial charge on any atom is 0.322 e. The Kier molecular flexibility index (Phi) is 8.28. The van der Waals surface area contributed by atoms with Gasteiger partial charge in [-0.15, -0.1) is 0 Å². The first kappa shape index (κ1) is 21.7. The molecule has 0 fully saturated rings. The molecule has 0 unspecified atom stereocenters. The second-order valence-corrected chi connectivity index (χ2v) is 5.89. The Labute approximate surface area is 152 Å². The summed E-state index contributed by atoms with van der Waals surface area (Å²) in [7, 11) is 1.16. The number of esters is 2. The van der Waals surface area contributed by atoms with E-state index in [4.69, 9.17) is 4.74 Å². The van der Waals surface area contributed by atoms with E-state index in [0.717, 1.165) is 19.1 Å². The van der Waals surface area contributed by atoms with Gasteiger partial charge >= 0.3 is 11.9 Å². The van der Waals surface area contributed by atoms with Crippen LogP contribution in [0.4, 0.5) is 0 Å². The second-order valence-electron chi connectivity index (χ2n) is 5.89. The van der Waals surface area contributed by atoms with Crippen LogP contribution in [0, 0.1) is 6.92 Å². The van der Waals surface area contributed by atoms with Crippen LogP contribution < -0.4 is 4.74 Å². The molecule has 7 heteroatoms. The zero-order valence-electron chi connectivity index (χ0n) is 15.6. The van der Waals surface area contributed by atoms with Crippen LogP contribution in [0.25, 0.3) is 0 Å². The van der Waals surface area contributed by atoms with Crippen molar-refractivity contribution in [2.45, 2.75) is 53.2 Å². The van der Waals surface area contributed by atoms with E-state index in [1.165, 1.54) is 0 Å². The molecule has 0 radical (unpaired) electrons. The summed E-state index contributed by atoms with van der Waals surface area (Å²) in [5.41, 5.74) is 2.27. The SMILES string of the molecule is CC/C(C)=C/Cc1c(C)c(OC(=O)CC(=O)OC)c(CO)c(CO)c1O. The first-order chi connectivity index (χ1) is 12.3. The van der Waals surface area contributed by atoms with E-state index in [2.05, 4.69) is 4.74 Å². The molecule has 0 aliphatic heterocycles. The molecule has 1 aromatic rings. The Morgan fingerprint density at radius 1 is 1.08 bits per heavy atom. The minimum atomic E-state index is -0.851. The molecule has 0 aromatic heterocycles. The predicted octanol–water partition coefficient (Wildman–Crippen LogP) is 2.05. The number of rotatable bonds is 8. The van der Waals surface area contributed by atoms with Crippen LogP contribution in [-0.2, 0) is 34.0 Å². The van der Waals surface area contributed by atoms with Gasteiger partial charge in [-0.1, -0.05) is 18.6 Å². The van der Waals surface area contributed by atoms with Crippen LogP contribution in [-0.4, -0.2) is 34.4 Å². The van der Waals surface area contributed by atoms with E-state index in [9.17, 15) is 24.9 Å². The number of phenols is 1. The highest BCUT2D eigenvalue weighted by molar-refractivity contribution is 5.92. The third-order valence-electron chi connectivity index (χ3n) is 4.26. The zero-order valence-corrected chi connectivity index (χ0v) is 15.6. The molecule has 26 heavy (non-hydrogen) atoms. The summed E-state index contributed by atoms with van der Waals surface area (Å²) in [6, 6.07) is 0. The Bertz CT molecular complexity index is 705. The molecule has 0 aliphatic rings. The van der Waals surface area contributed by atoms with E-state index in [1.54, 1.807) is 6.92 Å². The van der Waals surface area contributed by atoms with Gasteiger partial charge in [0.2, 0.25) is 0 Å². The van der Waals surface area contributed by atoms with Crippen LogP contribution in [0.2, 0.25) is 0 Å². The zero-order chi connectivity index (χ0) is 19.9. The van der Waals surface area contributed by atoms with E-state index < -0.39 is 31.6 Å². The molecular formula is C19H26O7. The van der Waals surface area contributed by atoms with Gasteiger partial charge < -0.3 is 24.8 Å². The maximum atomic E-state index is 12.0. The van der Waals surface area contributed by atoms with Crippen molar-refractivity contribution in [3.63, 3.8) is 0 Å². The van der Waals surface area contributed by atoms with Gasteiger partial charge in [0, 0.05) is 16.7 Å². The fourth-order valence-corrected chi connectivity index (χ4v) is 2.49. The number of aromatic hydroxyl groups is 1. The lowest BCUT2D eigenvalue weighted by Gasteiger charge is -2.20. The normalized spacial score (nSPS) is 11.4. The molecule has 1 aromatic carbocycles. The standard InChI is InChI=1S/C19H26O7/c1-5-11(2)6-7-13-12(3)19(26-17(23)8-16(22)25-4)15(10-21)14(9-20)18(13)24/h6,20-21,24H,5,7-10H2,1-4H3/b11-6+. The summed E-state index contributed by atoms with van der Waals surface area (Å²) < 4.78 is 9.70. The number of hydrogen-bond donors (Lipinski definition) is 3. The fraction of sp³-hybridized carbons (Fsp3) is 0.474. The van der Waals surface area contributed by atoms with Crippen molar-refractivity contribution >= 4 is 11.9 Å². The third kappa shape index (κ3) is 5.06. The van der Waals surface area contributed by atoms with Crippen molar-refractivity contribution in [3.05, 3.63) is 33.9 Å². The number of carbonyl (C=O) groups excluding carboxylic acids is 2. The Hall–Kier alpha value is -2.38. The predicted molar refractivity (Wildman–Crippen MR) is 94.7 cm³/mol. The fourth-order valence-electron chi connectivity index (χ4n) is 2.49. The number of aliphatic hydroxyl groups excluding tert-OH is 2. The van der Waals surface area contributed by atoms with Crippen LogP contribution >= 0.6 is 0 Å². The number of aliphatic hydroxyl groups is 2. The number of hydrogen-bond acceptors (Lipinski definition) is 7. The second kappa shape index (κ2) is 9.94. The van der Waals surface area contributed by atoms with Crippen LogP contribution in [0.1, 0.15) is 48.9 Å². The number of benzene rings is 1. The Morgan fingerprint density at radius 3 is 2.19 bits per heavy atom. The summed E-state index contributed by atoms with van der Waals surface area (Å²) in [5, 5.41) is 29.8. The van der Waals surface area contributed by atoms with Crippen molar-refractivity contribution < 1.29 is 34.4 Å². The highest BCUT2D eigenvalue weighted by Gasteiger charge is 2.24. The van der Waals surface area contributed by atoms with E-state index in [1.807, 2.05) is 19.9 Å². The lowest BCUT2D eigenvalue weighted by molar-refractivity contribution is -0.148. The summed E-state index contributed by atoms with van der Waals surface area (Å²) in [4.78, 5) is 23.2. The molecular weight excluding hydrogens is 340 g/mol. The summed E-state index contributed by atoms with van der Waals surface area (Å²) in [5.74, 6) is -1.70. The highest BCUT2D eigenvalue weighted by Crippen LogP contribution is 2.39.